The van der Waals surface area contributed by atoms with E-state index in [0.29, 0.717) is 15.7 Å². The van der Waals surface area contributed by atoms with Gasteiger partial charge < -0.3 is 4.90 Å². The second-order valence-electron chi connectivity index (χ2n) is 5.53. The number of likely N-dealkylation sites (N-methyl/N-ethyl adjacent to an activating group) is 1. The Bertz CT molecular complexity index is 677. The molecule has 0 atom stereocenters. The van der Waals surface area contributed by atoms with Crippen LogP contribution in [0.1, 0.15) is 13.8 Å². The van der Waals surface area contributed by atoms with Crippen molar-refractivity contribution in [2.45, 2.75) is 19.4 Å². The zero-order chi connectivity index (χ0) is 15.8. The van der Waals surface area contributed by atoms with Crippen molar-refractivity contribution in [3.05, 3.63) is 40.5 Å². The van der Waals surface area contributed by atoms with Crippen molar-refractivity contribution in [2.75, 3.05) is 14.1 Å². The Labute approximate surface area is 134 Å². The lowest BCUT2D eigenvalue weighted by Gasteiger charge is -2.27. The van der Waals surface area contributed by atoms with Gasteiger partial charge >= 0.3 is 0 Å². The molecule has 0 aliphatic heterocycles. The molecule has 0 aliphatic rings. The van der Waals surface area contributed by atoms with E-state index in [1.54, 1.807) is 48.1 Å². The Balaban J connectivity index is 2.42. The van der Waals surface area contributed by atoms with Gasteiger partial charge in [-0.15, -0.1) is 0 Å². The van der Waals surface area contributed by atoms with Crippen molar-refractivity contribution in [3.8, 4) is 11.3 Å². The molecule has 1 aromatic carbocycles. The van der Waals surface area contributed by atoms with Crippen molar-refractivity contribution in [3.63, 3.8) is 0 Å². The molecule has 0 saturated heterocycles. The van der Waals surface area contributed by atoms with Crippen molar-refractivity contribution in [1.29, 1.82) is 0 Å². The normalized spacial score (nSPS) is 11.5. The van der Waals surface area contributed by atoms with E-state index in [1.165, 1.54) is 0 Å². The van der Waals surface area contributed by atoms with E-state index < -0.39 is 5.54 Å². The van der Waals surface area contributed by atoms with Crippen LogP contribution in [-0.4, -0.2) is 34.7 Å². The van der Waals surface area contributed by atoms with Gasteiger partial charge in [0.2, 0.25) is 5.91 Å². The lowest BCUT2D eigenvalue weighted by molar-refractivity contribution is -0.137. The van der Waals surface area contributed by atoms with Gasteiger partial charge in [-0.3, -0.25) is 9.48 Å². The predicted octanol–water partition coefficient (Wildman–Crippen LogP) is 3.68. The molecule has 21 heavy (non-hydrogen) atoms. The van der Waals surface area contributed by atoms with Crippen molar-refractivity contribution < 1.29 is 4.79 Å². The van der Waals surface area contributed by atoms with E-state index in [4.69, 9.17) is 23.2 Å². The van der Waals surface area contributed by atoms with Gasteiger partial charge in [0.1, 0.15) is 5.54 Å². The van der Waals surface area contributed by atoms with Crippen molar-refractivity contribution >= 4 is 29.1 Å². The average molecular weight is 326 g/mol. The second kappa shape index (κ2) is 5.70. The smallest absolute Gasteiger partial charge is 0.249 e. The number of carbonyl (C=O) groups excluding carboxylic acids is 1. The third-order valence-corrected chi connectivity index (χ3v) is 3.86. The van der Waals surface area contributed by atoms with E-state index in [-0.39, 0.29) is 5.91 Å². The van der Waals surface area contributed by atoms with Crippen LogP contribution in [-0.2, 0) is 10.3 Å². The largest absolute Gasteiger partial charge is 0.347 e. The Morgan fingerprint density at radius 3 is 2.52 bits per heavy atom. The van der Waals surface area contributed by atoms with Crippen LogP contribution in [0.2, 0.25) is 10.0 Å². The molecule has 0 bridgehead atoms. The first kappa shape index (κ1) is 15.9. The molecule has 4 nitrogen and oxygen atoms in total. The fraction of sp³-hybridized carbons (Fsp3) is 0.333. The van der Waals surface area contributed by atoms with Gasteiger partial charge in [0.05, 0.1) is 10.7 Å². The summed E-state index contributed by atoms with van der Waals surface area (Å²) in [5.41, 5.74) is 0.658. The number of nitrogens with zero attached hydrogens (tertiary/aromatic N) is 3. The predicted molar refractivity (Wildman–Crippen MR) is 85.7 cm³/mol. The van der Waals surface area contributed by atoms with Crippen molar-refractivity contribution in [1.82, 2.24) is 14.7 Å². The highest BCUT2D eigenvalue weighted by molar-refractivity contribution is 6.35. The van der Waals surface area contributed by atoms with Gasteiger partial charge in [0, 0.05) is 30.9 Å². The summed E-state index contributed by atoms with van der Waals surface area (Å²) in [6.45, 7) is 3.65. The van der Waals surface area contributed by atoms with E-state index in [2.05, 4.69) is 5.10 Å². The first-order chi connectivity index (χ1) is 9.73. The second-order valence-corrected chi connectivity index (χ2v) is 6.37. The summed E-state index contributed by atoms with van der Waals surface area (Å²) in [4.78, 5) is 13.8. The van der Waals surface area contributed by atoms with Crippen LogP contribution < -0.4 is 0 Å². The maximum absolute atomic E-state index is 12.2. The van der Waals surface area contributed by atoms with E-state index >= 15 is 0 Å². The zero-order valence-electron chi connectivity index (χ0n) is 12.4. The molecule has 112 valence electrons. The van der Waals surface area contributed by atoms with Gasteiger partial charge in [-0.2, -0.15) is 5.10 Å². The fourth-order valence-corrected chi connectivity index (χ4v) is 2.50. The highest BCUT2D eigenvalue weighted by Crippen LogP contribution is 2.30. The lowest BCUT2D eigenvalue weighted by Crippen LogP contribution is -2.44. The standard InChI is InChI=1S/C15H17Cl2N3O/c1-15(2,14(21)19(3)4)20-8-7-13(18-20)11-9-10(16)5-6-12(11)17/h5-9H,1-4H3. The van der Waals surface area contributed by atoms with Gasteiger partial charge in [0.15, 0.2) is 0 Å². The monoisotopic (exact) mass is 325 g/mol. The summed E-state index contributed by atoms with van der Waals surface area (Å²) in [5.74, 6) is -0.0330. The molecule has 1 aromatic heterocycles. The van der Waals surface area contributed by atoms with Gasteiger partial charge in [-0.05, 0) is 38.1 Å². The number of aromatic nitrogens is 2. The number of hydrogen-bond donors (Lipinski definition) is 0. The third kappa shape index (κ3) is 3.06. The van der Waals surface area contributed by atoms with Gasteiger partial charge in [0.25, 0.3) is 0 Å². The molecule has 0 saturated carbocycles. The van der Waals surface area contributed by atoms with Crippen LogP contribution in [0.5, 0.6) is 0 Å². The molecule has 0 N–H and O–H groups in total. The minimum Gasteiger partial charge on any atom is -0.347 e. The molecule has 6 heteroatoms. The molecule has 0 unspecified atom stereocenters. The van der Waals surface area contributed by atoms with Crippen LogP contribution in [0.25, 0.3) is 11.3 Å². The number of halogens is 2. The van der Waals surface area contributed by atoms with Gasteiger partial charge in [-0.25, -0.2) is 0 Å². The Kier molecular flexibility index (Phi) is 4.30. The van der Waals surface area contributed by atoms with E-state index in [9.17, 15) is 4.79 Å². The minimum atomic E-state index is -0.771. The number of benzene rings is 1. The Morgan fingerprint density at radius 2 is 1.90 bits per heavy atom. The molecule has 2 aromatic rings. The van der Waals surface area contributed by atoms with Crippen molar-refractivity contribution in [2.24, 2.45) is 0 Å². The Hall–Kier alpha value is -1.52. The number of rotatable bonds is 3. The topological polar surface area (TPSA) is 38.1 Å². The molecule has 0 fully saturated rings. The van der Waals surface area contributed by atoms with Crippen LogP contribution in [0.4, 0.5) is 0 Å². The highest BCUT2D eigenvalue weighted by atomic mass is 35.5. The number of carbonyl (C=O) groups is 1. The SMILES string of the molecule is CN(C)C(=O)C(C)(C)n1ccc(-c2cc(Cl)ccc2Cl)n1. The molecule has 1 amide bonds. The molecule has 0 radical (unpaired) electrons. The van der Waals surface area contributed by atoms with E-state index in [0.717, 1.165) is 5.56 Å². The molecule has 1 heterocycles. The molecule has 0 aliphatic carbocycles. The number of hydrogen-bond acceptors (Lipinski definition) is 2. The first-order valence-corrected chi connectivity index (χ1v) is 7.22. The average Bonchev–Trinajstić information content (AvgIpc) is 2.90. The quantitative estimate of drug-likeness (QED) is 0.863. The van der Waals surface area contributed by atoms with Gasteiger partial charge in [-0.1, -0.05) is 23.2 Å². The highest BCUT2D eigenvalue weighted by Gasteiger charge is 2.32. The number of amides is 1. The summed E-state index contributed by atoms with van der Waals surface area (Å²) >= 11 is 12.2. The first-order valence-electron chi connectivity index (χ1n) is 6.47. The van der Waals surface area contributed by atoms with Crippen LogP contribution in [0.3, 0.4) is 0 Å². The van der Waals surface area contributed by atoms with Crippen LogP contribution in [0, 0.1) is 0 Å². The molecule has 2 rings (SSSR count). The maximum Gasteiger partial charge on any atom is 0.249 e. The lowest BCUT2D eigenvalue weighted by atomic mass is 10.0. The van der Waals surface area contributed by atoms with Crippen LogP contribution >= 0.6 is 23.2 Å². The maximum atomic E-state index is 12.2. The summed E-state index contributed by atoms with van der Waals surface area (Å²) in [6, 6.07) is 7.04. The fourth-order valence-electron chi connectivity index (χ4n) is 2.12. The summed E-state index contributed by atoms with van der Waals surface area (Å²) in [7, 11) is 3.45. The van der Waals surface area contributed by atoms with Crippen LogP contribution in [0.15, 0.2) is 30.5 Å². The molecular weight excluding hydrogens is 309 g/mol. The minimum absolute atomic E-state index is 0.0330. The summed E-state index contributed by atoms with van der Waals surface area (Å²) in [6.07, 6.45) is 1.77. The Morgan fingerprint density at radius 1 is 1.24 bits per heavy atom. The summed E-state index contributed by atoms with van der Waals surface area (Å²) < 4.78 is 1.64. The summed E-state index contributed by atoms with van der Waals surface area (Å²) in [5, 5.41) is 5.64. The molecule has 0 spiro atoms. The molecular formula is C15H17Cl2N3O. The zero-order valence-corrected chi connectivity index (χ0v) is 13.9. The van der Waals surface area contributed by atoms with E-state index in [1.807, 2.05) is 19.9 Å². The third-order valence-electron chi connectivity index (χ3n) is 3.30.